The number of benzene rings is 1. The first-order valence-electron chi connectivity index (χ1n) is 5.57. The van der Waals surface area contributed by atoms with Crippen LogP contribution in [-0.2, 0) is 19.6 Å². The van der Waals surface area contributed by atoms with Gasteiger partial charge >= 0.3 is 0 Å². The van der Waals surface area contributed by atoms with E-state index in [9.17, 15) is 13.2 Å². The molecule has 7 nitrogen and oxygen atoms in total. The van der Waals surface area contributed by atoms with Gasteiger partial charge in [-0.05, 0) is 12.1 Å². The zero-order valence-corrected chi connectivity index (χ0v) is 11.1. The Morgan fingerprint density at radius 1 is 1.47 bits per heavy atom. The lowest BCUT2D eigenvalue weighted by Crippen LogP contribution is -2.27. The van der Waals surface area contributed by atoms with Crippen molar-refractivity contribution < 1.29 is 22.7 Å². The average Bonchev–Trinajstić information content (AvgIpc) is 2.36. The van der Waals surface area contributed by atoms with Crippen molar-refractivity contribution in [2.24, 2.45) is 0 Å². The molecule has 1 aromatic rings. The number of methoxy groups -OCH3 is 1. The van der Waals surface area contributed by atoms with Crippen LogP contribution in [0.15, 0.2) is 18.2 Å². The van der Waals surface area contributed by atoms with Gasteiger partial charge in [-0.15, -0.1) is 0 Å². The molecule has 0 unspecified atom stereocenters. The van der Waals surface area contributed by atoms with Gasteiger partial charge in [-0.3, -0.25) is 9.52 Å². The summed E-state index contributed by atoms with van der Waals surface area (Å²) in [7, 11) is -2.08. The standard InChI is InChI=1S/C11H14N2O5S/c1-17-5-6-19(15,16)13-9-4-2-3-8-11(9)18-7-10(14)12-8/h2-4,13H,5-7H2,1H3,(H,12,14). The number of amides is 1. The molecule has 1 heterocycles. The van der Waals surface area contributed by atoms with E-state index >= 15 is 0 Å². The van der Waals surface area contributed by atoms with Gasteiger partial charge in [-0.1, -0.05) is 6.07 Å². The fraction of sp³-hybridized carbons (Fsp3) is 0.364. The molecule has 1 amide bonds. The summed E-state index contributed by atoms with van der Waals surface area (Å²) in [6.07, 6.45) is 0. The van der Waals surface area contributed by atoms with Gasteiger partial charge in [-0.2, -0.15) is 0 Å². The second-order valence-corrected chi connectivity index (χ2v) is 5.77. The monoisotopic (exact) mass is 286 g/mol. The highest BCUT2D eigenvalue weighted by atomic mass is 32.2. The van der Waals surface area contributed by atoms with Gasteiger partial charge in [0.2, 0.25) is 10.0 Å². The second-order valence-electron chi connectivity index (χ2n) is 3.93. The number of anilines is 2. The molecule has 0 aliphatic carbocycles. The lowest BCUT2D eigenvalue weighted by Gasteiger charge is -2.21. The lowest BCUT2D eigenvalue weighted by atomic mass is 10.2. The number of fused-ring (bicyclic) bond motifs is 1. The van der Waals surface area contributed by atoms with Crippen molar-refractivity contribution >= 4 is 27.3 Å². The molecule has 0 bridgehead atoms. The number of ether oxygens (including phenoxy) is 2. The van der Waals surface area contributed by atoms with E-state index in [1.807, 2.05) is 0 Å². The van der Waals surface area contributed by atoms with Crippen molar-refractivity contribution in [1.82, 2.24) is 0 Å². The molecule has 0 aromatic heterocycles. The molecule has 0 spiro atoms. The topological polar surface area (TPSA) is 93.7 Å². The largest absolute Gasteiger partial charge is 0.479 e. The Morgan fingerprint density at radius 3 is 3.00 bits per heavy atom. The van der Waals surface area contributed by atoms with Gasteiger partial charge < -0.3 is 14.8 Å². The van der Waals surface area contributed by atoms with Gasteiger partial charge in [-0.25, -0.2) is 8.42 Å². The minimum Gasteiger partial charge on any atom is -0.479 e. The molecule has 0 fully saturated rings. The Bertz CT molecular complexity index is 585. The van der Waals surface area contributed by atoms with Gasteiger partial charge in [0.25, 0.3) is 5.91 Å². The van der Waals surface area contributed by atoms with Crippen molar-refractivity contribution in [1.29, 1.82) is 0 Å². The molecule has 1 aromatic carbocycles. The number of hydrogen-bond acceptors (Lipinski definition) is 5. The fourth-order valence-electron chi connectivity index (χ4n) is 1.61. The molecule has 2 rings (SSSR count). The molecular weight excluding hydrogens is 272 g/mol. The zero-order valence-electron chi connectivity index (χ0n) is 10.3. The van der Waals surface area contributed by atoms with E-state index in [2.05, 4.69) is 10.0 Å². The third-order valence-electron chi connectivity index (χ3n) is 2.46. The van der Waals surface area contributed by atoms with Crippen molar-refractivity contribution in [2.45, 2.75) is 0 Å². The van der Waals surface area contributed by atoms with E-state index in [1.165, 1.54) is 7.11 Å². The fourth-order valence-corrected chi connectivity index (χ4v) is 2.59. The van der Waals surface area contributed by atoms with Crippen LogP contribution in [0.1, 0.15) is 0 Å². The first-order valence-corrected chi connectivity index (χ1v) is 7.22. The maximum Gasteiger partial charge on any atom is 0.262 e. The predicted octanol–water partition coefficient (Wildman–Crippen LogP) is 0.406. The number of sulfonamides is 1. The third-order valence-corrected chi connectivity index (χ3v) is 3.69. The molecule has 104 valence electrons. The Labute approximate surface area is 110 Å². The number of carbonyl (C=O) groups excluding carboxylic acids is 1. The van der Waals surface area contributed by atoms with E-state index in [4.69, 9.17) is 9.47 Å². The van der Waals surface area contributed by atoms with Crippen molar-refractivity contribution in [3.63, 3.8) is 0 Å². The van der Waals surface area contributed by atoms with Gasteiger partial charge in [0.05, 0.1) is 23.7 Å². The molecule has 19 heavy (non-hydrogen) atoms. The highest BCUT2D eigenvalue weighted by Crippen LogP contribution is 2.35. The third kappa shape index (κ3) is 3.36. The molecule has 1 aliphatic rings. The maximum absolute atomic E-state index is 11.8. The summed E-state index contributed by atoms with van der Waals surface area (Å²) in [5.41, 5.74) is 0.747. The summed E-state index contributed by atoms with van der Waals surface area (Å²) in [6.45, 7) is -0.0359. The minimum atomic E-state index is -3.51. The van der Waals surface area contributed by atoms with Crippen molar-refractivity contribution in [3.8, 4) is 5.75 Å². The van der Waals surface area contributed by atoms with Crippen LogP contribution in [0.25, 0.3) is 0 Å². The number of rotatable bonds is 5. The number of carbonyl (C=O) groups is 1. The lowest BCUT2D eigenvalue weighted by molar-refractivity contribution is -0.118. The number of hydrogen-bond donors (Lipinski definition) is 2. The summed E-state index contributed by atoms with van der Waals surface area (Å²) < 4.78 is 35.9. The Morgan fingerprint density at radius 2 is 2.26 bits per heavy atom. The molecule has 0 atom stereocenters. The molecular formula is C11H14N2O5S. The molecule has 8 heteroatoms. The van der Waals surface area contributed by atoms with Crippen molar-refractivity contribution in [3.05, 3.63) is 18.2 Å². The number of nitrogens with one attached hydrogen (secondary N) is 2. The van der Waals surface area contributed by atoms with Gasteiger partial charge in [0.15, 0.2) is 12.4 Å². The van der Waals surface area contributed by atoms with E-state index < -0.39 is 10.0 Å². The van der Waals surface area contributed by atoms with E-state index in [1.54, 1.807) is 18.2 Å². The minimum absolute atomic E-state index is 0.0992. The van der Waals surface area contributed by atoms with E-state index in [0.717, 1.165) is 0 Å². The van der Waals surface area contributed by atoms with E-state index in [-0.39, 0.29) is 24.9 Å². The van der Waals surface area contributed by atoms with Crippen LogP contribution in [0.4, 0.5) is 11.4 Å². The highest BCUT2D eigenvalue weighted by molar-refractivity contribution is 7.92. The van der Waals surface area contributed by atoms with E-state index in [0.29, 0.717) is 17.1 Å². The Balaban J connectivity index is 2.22. The molecule has 1 aliphatic heterocycles. The van der Waals surface area contributed by atoms with Crippen molar-refractivity contribution in [2.75, 3.05) is 36.1 Å². The predicted molar refractivity (Wildman–Crippen MR) is 69.9 cm³/mol. The smallest absolute Gasteiger partial charge is 0.262 e. The summed E-state index contributed by atoms with van der Waals surface area (Å²) in [5.74, 6) is -0.102. The summed E-state index contributed by atoms with van der Waals surface area (Å²) in [6, 6.07) is 4.84. The van der Waals surface area contributed by atoms with Crippen LogP contribution in [0.5, 0.6) is 5.75 Å². The SMILES string of the molecule is COCCS(=O)(=O)Nc1cccc2c1OCC(=O)N2. The highest BCUT2D eigenvalue weighted by Gasteiger charge is 2.21. The van der Waals surface area contributed by atoms with Crippen LogP contribution in [0.3, 0.4) is 0 Å². The zero-order chi connectivity index (χ0) is 13.9. The maximum atomic E-state index is 11.8. The Hall–Kier alpha value is -1.80. The first-order chi connectivity index (χ1) is 9.02. The van der Waals surface area contributed by atoms with Gasteiger partial charge in [0.1, 0.15) is 0 Å². The van der Waals surface area contributed by atoms with Crippen LogP contribution in [-0.4, -0.2) is 40.4 Å². The summed E-state index contributed by atoms with van der Waals surface area (Å²) >= 11 is 0. The van der Waals surface area contributed by atoms with Crippen LogP contribution >= 0.6 is 0 Å². The number of para-hydroxylation sites is 1. The summed E-state index contributed by atoms with van der Waals surface area (Å²) in [4.78, 5) is 11.2. The van der Waals surface area contributed by atoms with Crippen LogP contribution in [0, 0.1) is 0 Å². The van der Waals surface area contributed by atoms with Gasteiger partial charge in [0, 0.05) is 7.11 Å². The normalized spacial score (nSPS) is 14.3. The molecule has 0 saturated carbocycles. The van der Waals surface area contributed by atoms with Crippen LogP contribution in [0.2, 0.25) is 0 Å². The second kappa shape index (κ2) is 5.45. The molecule has 0 saturated heterocycles. The quantitative estimate of drug-likeness (QED) is 0.817. The Kier molecular flexibility index (Phi) is 3.91. The van der Waals surface area contributed by atoms with Crippen LogP contribution < -0.4 is 14.8 Å². The molecule has 0 radical (unpaired) electrons. The summed E-state index contributed by atoms with van der Waals surface area (Å²) in [5, 5.41) is 2.61. The first kappa shape index (κ1) is 13.6. The average molecular weight is 286 g/mol. The molecule has 2 N–H and O–H groups in total.